The number of nitrogen functional groups attached to an aromatic ring is 1. The Balaban J connectivity index is 2.51. The number of nitrogens with zero attached hydrogens (tertiary/aromatic N) is 2. The first-order valence-corrected chi connectivity index (χ1v) is 5.69. The first-order chi connectivity index (χ1) is 8.49. The van der Waals surface area contributed by atoms with E-state index in [4.69, 9.17) is 5.73 Å². The van der Waals surface area contributed by atoms with Crippen molar-refractivity contribution < 1.29 is 4.79 Å². The molecule has 0 fully saturated rings. The first kappa shape index (κ1) is 12.2. The Kier molecular flexibility index (Phi) is 3.10. The summed E-state index contributed by atoms with van der Waals surface area (Å²) in [7, 11) is 0. The summed E-state index contributed by atoms with van der Waals surface area (Å²) in [6.07, 6.45) is 3.32. The zero-order valence-electron chi connectivity index (χ0n) is 10.7. The number of pyridine rings is 2. The molecule has 0 unspecified atom stereocenters. The Bertz CT molecular complexity index is 620. The lowest BCUT2D eigenvalue weighted by Crippen LogP contribution is -2.11. The van der Waals surface area contributed by atoms with E-state index < -0.39 is 0 Å². The Morgan fingerprint density at radius 2 is 1.67 bits per heavy atom. The molecule has 0 aliphatic rings. The average Bonchev–Trinajstić information content (AvgIpc) is 2.31. The van der Waals surface area contributed by atoms with Crippen LogP contribution in [0.25, 0.3) is 0 Å². The van der Waals surface area contributed by atoms with Gasteiger partial charge in [-0.05, 0) is 43.5 Å². The predicted molar refractivity (Wildman–Crippen MR) is 70.5 cm³/mol. The molecule has 0 aliphatic carbocycles. The molecule has 2 aromatic heterocycles. The van der Waals surface area contributed by atoms with Gasteiger partial charge in [0.05, 0.1) is 5.56 Å². The van der Waals surface area contributed by atoms with E-state index >= 15 is 0 Å². The van der Waals surface area contributed by atoms with Crippen LogP contribution in [0.1, 0.15) is 32.7 Å². The predicted octanol–water partition coefficient (Wildman–Crippen LogP) is 2.22. The highest BCUT2D eigenvalue weighted by molar-refractivity contribution is 6.11. The van der Waals surface area contributed by atoms with Gasteiger partial charge in [0.25, 0.3) is 0 Å². The van der Waals surface area contributed by atoms with Crippen LogP contribution in [0.4, 0.5) is 5.82 Å². The average molecular weight is 241 g/mol. The van der Waals surface area contributed by atoms with Crippen LogP contribution in [0.3, 0.4) is 0 Å². The van der Waals surface area contributed by atoms with Crippen LogP contribution in [-0.4, -0.2) is 15.8 Å². The van der Waals surface area contributed by atoms with E-state index in [1.54, 1.807) is 18.5 Å². The Hall–Kier alpha value is -2.23. The molecule has 0 aromatic carbocycles. The van der Waals surface area contributed by atoms with Crippen LogP contribution in [-0.2, 0) is 0 Å². The molecule has 0 amide bonds. The summed E-state index contributed by atoms with van der Waals surface area (Å²) in [6, 6.07) is 3.67. The molecule has 0 bridgehead atoms. The van der Waals surface area contributed by atoms with Crippen LogP contribution in [0.2, 0.25) is 0 Å². The molecule has 0 saturated heterocycles. The summed E-state index contributed by atoms with van der Waals surface area (Å²) in [5.41, 5.74) is 9.37. The molecule has 0 radical (unpaired) electrons. The highest BCUT2D eigenvalue weighted by Gasteiger charge is 2.17. The van der Waals surface area contributed by atoms with Crippen LogP contribution in [0.15, 0.2) is 24.5 Å². The monoisotopic (exact) mass is 241 g/mol. The lowest BCUT2D eigenvalue weighted by molar-refractivity contribution is 0.103. The van der Waals surface area contributed by atoms with Crippen LogP contribution < -0.4 is 5.73 Å². The number of nitrogens with two attached hydrogens (primary N) is 1. The van der Waals surface area contributed by atoms with Crippen LogP contribution in [0, 0.1) is 20.8 Å². The van der Waals surface area contributed by atoms with E-state index in [2.05, 4.69) is 9.97 Å². The normalized spacial score (nSPS) is 10.4. The summed E-state index contributed by atoms with van der Waals surface area (Å²) in [4.78, 5) is 20.6. The van der Waals surface area contributed by atoms with Crippen molar-refractivity contribution in [2.24, 2.45) is 0 Å². The Morgan fingerprint density at radius 3 is 2.33 bits per heavy atom. The molecule has 0 saturated carbocycles. The van der Waals surface area contributed by atoms with Crippen molar-refractivity contribution in [3.63, 3.8) is 0 Å². The zero-order valence-corrected chi connectivity index (χ0v) is 10.7. The number of ketones is 1. The van der Waals surface area contributed by atoms with Gasteiger partial charge in [0.1, 0.15) is 11.5 Å². The number of anilines is 1. The summed E-state index contributed by atoms with van der Waals surface area (Å²) < 4.78 is 0. The number of carbonyl (C=O) groups is 1. The van der Waals surface area contributed by atoms with Crippen molar-refractivity contribution in [1.82, 2.24) is 9.97 Å². The number of rotatable bonds is 2. The summed E-state index contributed by atoms with van der Waals surface area (Å²) in [5, 5.41) is 0. The Labute approximate surface area is 106 Å². The van der Waals surface area contributed by atoms with E-state index in [0.29, 0.717) is 11.3 Å². The standard InChI is InChI=1S/C14H15N3O/c1-8-4-10(3)12(16-6-8)13(18)11-5-9(2)7-17-14(11)15/h4-7H,1-3H3,(H2,15,17). The van der Waals surface area contributed by atoms with Gasteiger partial charge in [0, 0.05) is 12.4 Å². The van der Waals surface area contributed by atoms with Gasteiger partial charge in [0.2, 0.25) is 5.78 Å². The maximum absolute atomic E-state index is 12.4. The van der Waals surface area contributed by atoms with E-state index in [1.165, 1.54) is 0 Å². The summed E-state index contributed by atoms with van der Waals surface area (Å²) >= 11 is 0. The molecule has 92 valence electrons. The highest BCUT2D eigenvalue weighted by atomic mass is 16.1. The minimum absolute atomic E-state index is 0.179. The number of aromatic nitrogens is 2. The second-order valence-corrected chi connectivity index (χ2v) is 4.45. The third-order valence-electron chi connectivity index (χ3n) is 2.73. The lowest BCUT2D eigenvalue weighted by atomic mass is 10.0. The molecule has 4 nitrogen and oxygen atoms in total. The largest absolute Gasteiger partial charge is 0.383 e. The molecule has 2 heterocycles. The molecule has 0 spiro atoms. The molecule has 2 N–H and O–H groups in total. The van der Waals surface area contributed by atoms with Gasteiger partial charge in [0.15, 0.2) is 0 Å². The van der Waals surface area contributed by atoms with Crippen molar-refractivity contribution in [2.45, 2.75) is 20.8 Å². The first-order valence-electron chi connectivity index (χ1n) is 5.69. The van der Waals surface area contributed by atoms with Gasteiger partial charge in [-0.25, -0.2) is 4.98 Å². The molecule has 2 rings (SSSR count). The van der Waals surface area contributed by atoms with Gasteiger partial charge >= 0.3 is 0 Å². The van der Waals surface area contributed by atoms with E-state index in [-0.39, 0.29) is 11.6 Å². The Morgan fingerprint density at radius 1 is 1.06 bits per heavy atom. The van der Waals surface area contributed by atoms with Crippen LogP contribution in [0.5, 0.6) is 0 Å². The molecular weight excluding hydrogens is 226 g/mol. The number of hydrogen-bond acceptors (Lipinski definition) is 4. The minimum atomic E-state index is -0.179. The van der Waals surface area contributed by atoms with Crippen molar-refractivity contribution in [3.8, 4) is 0 Å². The zero-order chi connectivity index (χ0) is 13.3. The maximum Gasteiger partial charge on any atom is 0.215 e. The van der Waals surface area contributed by atoms with Gasteiger partial charge in [-0.2, -0.15) is 0 Å². The topological polar surface area (TPSA) is 68.9 Å². The van der Waals surface area contributed by atoms with Crippen molar-refractivity contribution in [3.05, 3.63) is 52.5 Å². The van der Waals surface area contributed by atoms with E-state index in [9.17, 15) is 4.79 Å². The minimum Gasteiger partial charge on any atom is -0.383 e. The second-order valence-electron chi connectivity index (χ2n) is 4.45. The van der Waals surface area contributed by atoms with E-state index in [1.807, 2.05) is 26.8 Å². The number of carbonyl (C=O) groups excluding carboxylic acids is 1. The number of aryl methyl sites for hydroxylation is 3. The van der Waals surface area contributed by atoms with Gasteiger partial charge in [-0.1, -0.05) is 6.07 Å². The second kappa shape index (κ2) is 4.56. The fraction of sp³-hybridized carbons (Fsp3) is 0.214. The molecule has 2 aromatic rings. The van der Waals surface area contributed by atoms with Crippen molar-refractivity contribution in [2.75, 3.05) is 5.73 Å². The van der Waals surface area contributed by atoms with E-state index in [0.717, 1.165) is 16.7 Å². The summed E-state index contributed by atoms with van der Waals surface area (Å²) in [6.45, 7) is 5.68. The lowest BCUT2D eigenvalue weighted by Gasteiger charge is -2.07. The molecule has 0 atom stereocenters. The molecular formula is C14H15N3O. The van der Waals surface area contributed by atoms with Crippen molar-refractivity contribution in [1.29, 1.82) is 0 Å². The van der Waals surface area contributed by atoms with Crippen LogP contribution >= 0.6 is 0 Å². The third kappa shape index (κ3) is 2.22. The smallest absolute Gasteiger partial charge is 0.215 e. The van der Waals surface area contributed by atoms with Gasteiger partial charge in [-0.3, -0.25) is 9.78 Å². The molecule has 4 heteroatoms. The number of hydrogen-bond donors (Lipinski definition) is 1. The maximum atomic E-state index is 12.4. The third-order valence-corrected chi connectivity index (χ3v) is 2.73. The van der Waals surface area contributed by atoms with Gasteiger partial charge in [-0.15, -0.1) is 0 Å². The molecule has 0 aliphatic heterocycles. The van der Waals surface area contributed by atoms with Crippen molar-refractivity contribution >= 4 is 11.6 Å². The fourth-order valence-electron chi connectivity index (χ4n) is 1.84. The quantitative estimate of drug-likeness (QED) is 0.818. The SMILES string of the molecule is Cc1cnc(C(=O)c2cc(C)cnc2N)c(C)c1. The fourth-order valence-corrected chi connectivity index (χ4v) is 1.84. The van der Waals surface area contributed by atoms with Gasteiger partial charge < -0.3 is 5.73 Å². The molecule has 18 heavy (non-hydrogen) atoms. The summed E-state index contributed by atoms with van der Waals surface area (Å²) in [5.74, 6) is 0.0635. The highest BCUT2D eigenvalue weighted by Crippen LogP contribution is 2.17.